The third kappa shape index (κ3) is 5.12. The highest BCUT2D eigenvalue weighted by Crippen LogP contribution is 2.41. The van der Waals surface area contributed by atoms with Gasteiger partial charge in [0, 0.05) is 34.6 Å². The first kappa shape index (κ1) is 25.9. The molecule has 0 fully saturated rings. The largest absolute Gasteiger partial charge is 0.325 e. The molecule has 6 rings (SSSR count). The molecule has 40 heavy (non-hydrogen) atoms. The van der Waals surface area contributed by atoms with E-state index in [-0.39, 0.29) is 0 Å². The summed E-state index contributed by atoms with van der Waals surface area (Å²) in [6.07, 6.45) is 4.92. The Kier molecular flexibility index (Phi) is 7.63. The molecule has 0 amide bonds. The first-order chi connectivity index (χ1) is 19.8. The lowest BCUT2D eigenvalue weighted by molar-refractivity contribution is 0.461. The Morgan fingerprint density at radius 2 is 1.30 bits per heavy atom. The van der Waals surface area contributed by atoms with Crippen LogP contribution in [-0.2, 0) is 0 Å². The molecule has 1 unspecified atom stereocenters. The van der Waals surface area contributed by atoms with Crippen molar-refractivity contribution in [2.45, 2.75) is 39.5 Å². The molecule has 200 valence electrons. The Hall–Kier alpha value is -4.37. The molecule has 1 atom stereocenters. The van der Waals surface area contributed by atoms with E-state index >= 15 is 0 Å². The van der Waals surface area contributed by atoms with E-state index in [1.165, 1.54) is 42.1 Å². The summed E-state index contributed by atoms with van der Waals surface area (Å²) >= 11 is 0. The molecule has 1 aliphatic rings. The van der Waals surface area contributed by atoms with E-state index in [2.05, 4.69) is 145 Å². The van der Waals surface area contributed by atoms with Crippen molar-refractivity contribution < 1.29 is 0 Å². The van der Waals surface area contributed by atoms with Crippen molar-refractivity contribution in [3.05, 3.63) is 127 Å². The molecule has 0 saturated heterocycles. The molecule has 3 heteroatoms. The van der Waals surface area contributed by atoms with Gasteiger partial charge in [-0.05, 0) is 78.4 Å². The van der Waals surface area contributed by atoms with Crippen LogP contribution in [-0.4, -0.2) is 12.4 Å². The zero-order valence-electron chi connectivity index (χ0n) is 23.5. The zero-order chi connectivity index (χ0) is 27.3. The van der Waals surface area contributed by atoms with Crippen LogP contribution in [0, 0.1) is 5.92 Å². The molecule has 5 aromatic rings. The summed E-state index contributed by atoms with van der Waals surface area (Å²) in [4.78, 5) is 10.1. The van der Waals surface area contributed by atoms with Crippen molar-refractivity contribution in [2.24, 2.45) is 10.9 Å². The second-order valence-electron chi connectivity index (χ2n) is 10.7. The summed E-state index contributed by atoms with van der Waals surface area (Å²) < 4.78 is 0. The number of unbranched alkanes of at least 4 members (excludes halogenated alkanes) is 1. The van der Waals surface area contributed by atoms with Gasteiger partial charge in [-0.15, -0.1) is 0 Å². The molecule has 1 aliphatic heterocycles. The summed E-state index contributed by atoms with van der Waals surface area (Å²) in [6.45, 7) is 5.59. The lowest BCUT2D eigenvalue weighted by atomic mass is 9.96. The van der Waals surface area contributed by atoms with Crippen molar-refractivity contribution in [1.82, 2.24) is 0 Å². The van der Waals surface area contributed by atoms with Crippen LogP contribution >= 0.6 is 0 Å². The predicted molar refractivity (Wildman–Crippen MR) is 172 cm³/mol. The number of anilines is 4. The molecular weight excluding hydrogens is 486 g/mol. The lowest BCUT2D eigenvalue weighted by Gasteiger charge is -2.34. The fraction of sp³-hybridized carbons (Fsp3) is 0.216. The zero-order valence-corrected chi connectivity index (χ0v) is 23.5. The number of benzene rings is 5. The summed E-state index contributed by atoms with van der Waals surface area (Å²) in [5.74, 6) is 1.66. The third-order valence-corrected chi connectivity index (χ3v) is 8.03. The van der Waals surface area contributed by atoms with Crippen molar-refractivity contribution in [3.63, 3.8) is 0 Å². The standard InChI is InChI=1S/C37H37N3/c1-3-5-14-28(4-2)27-39-35-22-13-16-29-15-12-21-34(36(29)35)38-37(39)30-23-25-33(26-24-30)40(31-17-8-6-9-18-31)32-19-10-7-11-20-32/h6-13,15-26,28H,3-5,14,27H2,1-2H3. The Labute approximate surface area is 238 Å². The van der Waals surface area contributed by atoms with Crippen LogP contribution in [0.1, 0.15) is 45.1 Å². The third-order valence-electron chi connectivity index (χ3n) is 8.03. The minimum Gasteiger partial charge on any atom is -0.325 e. The Morgan fingerprint density at radius 3 is 1.93 bits per heavy atom. The van der Waals surface area contributed by atoms with E-state index < -0.39 is 0 Å². The number of hydrogen-bond acceptors (Lipinski definition) is 3. The Morgan fingerprint density at radius 1 is 0.675 bits per heavy atom. The van der Waals surface area contributed by atoms with Gasteiger partial charge in [-0.1, -0.05) is 93.8 Å². The average molecular weight is 524 g/mol. The van der Waals surface area contributed by atoms with Crippen molar-refractivity contribution in [2.75, 3.05) is 16.3 Å². The van der Waals surface area contributed by atoms with Gasteiger partial charge in [0.2, 0.25) is 0 Å². The quantitative estimate of drug-likeness (QED) is 0.181. The van der Waals surface area contributed by atoms with Gasteiger partial charge in [-0.3, -0.25) is 0 Å². The van der Waals surface area contributed by atoms with Gasteiger partial charge in [0.25, 0.3) is 0 Å². The van der Waals surface area contributed by atoms with Crippen molar-refractivity contribution in [1.29, 1.82) is 0 Å². The topological polar surface area (TPSA) is 18.8 Å². The Balaban J connectivity index is 1.41. The van der Waals surface area contributed by atoms with Gasteiger partial charge in [-0.25, -0.2) is 4.99 Å². The summed E-state index contributed by atoms with van der Waals surface area (Å²) in [7, 11) is 0. The van der Waals surface area contributed by atoms with Crippen LogP contribution in [0.25, 0.3) is 10.8 Å². The van der Waals surface area contributed by atoms with Gasteiger partial charge < -0.3 is 9.80 Å². The summed E-state index contributed by atoms with van der Waals surface area (Å²) in [5, 5.41) is 2.51. The SMILES string of the molecule is CCCCC(CC)CN1C(c2ccc(N(c3ccccc3)c3ccccc3)cc2)=Nc2cccc3cccc1c23. The van der Waals surface area contributed by atoms with Crippen LogP contribution in [0.4, 0.5) is 28.4 Å². The molecule has 0 radical (unpaired) electrons. The van der Waals surface area contributed by atoms with E-state index in [0.29, 0.717) is 5.92 Å². The maximum Gasteiger partial charge on any atom is 0.141 e. The maximum absolute atomic E-state index is 5.30. The average Bonchev–Trinajstić information content (AvgIpc) is 3.02. The van der Waals surface area contributed by atoms with E-state index in [9.17, 15) is 0 Å². The van der Waals surface area contributed by atoms with Crippen LogP contribution in [0.3, 0.4) is 0 Å². The van der Waals surface area contributed by atoms with E-state index in [1.54, 1.807) is 0 Å². The molecule has 0 aliphatic carbocycles. The second kappa shape index (κ2) is 11.8. The predicted octanol–water partition coefficient (Wildman–Crippen LogP) is 10.4. The van der Waals surface area contributed by atoms with Crippen molar-refractivity contribution >= 4 is 45.0 Å². The van der Waals surface area contributed by atoms with Gasteiger partial charge in [0.15, 0.2) is 0 Å². The van der Waals surface area contributed by atoms with E-state index in [0.717, 1.165) is 40.7 Å². The fourth-order valence-electron chi connectivity index (χ4n) is 5.85. The highest BCUT2D eigenvalue weighted by atomic mass is 15.2. The summed E-state index contributed by atoms with van der Waals surface area (Å²) in [6, 6.07) is 43.2. The van der Waals surface area contributed by atoms with Gasteiger partial charge in [0.05, 0.1) is 11.4 Å². The van der Waals surface area contributed by atoms with Gasteiger partial charge >= 0.3 is 0 Å². The van der Waals surface area contributed by atoms with E-state index in [4.69, 9.17) is 4.99 Å². The van der Waals surface area contributed by atoms with E-state index in [1.807, 2.05) is 0 Å². The molecule has 0 N–H and O–H groups in total. The first-order valence-electron chi connectivity index (χ1n) is 14.7. The highest BCUT2D eigenvalue weighted by Gasteiger charge is 2.26. The number of hydrogen-bond donors (Lipinski definition) is 0. The minimum absolute atomic E-state index is 0.622. The number of amidine groups is 1. The second-order valence-corrected chi connectivity index (χ2v) is 10.7. The molecular formula is C37H37N3. The summed E-state index contributed by atoms with van der Waals surface area (Å²) in [5.41, 5.74) is 6.87. The molecule has 0 spiro atoms. The van der Waals surface area contributed by atoms with Crippen LogP contribution in [0.5, 0.6) is 0 Å². The van der Waals surface area contributed by atoms with Crippen LogP contribution in [0.2, 0.25) is 0 Å². The maximum atomic E-state index is 5.30. The first-order valence-corrected chi connectivity index (χ1v) is 14.7. The lowest BCUT2D eigenvalue weighted by Crippen LogP contribution is -2.37. The van der Waals surface area contributed by atoms with Crippen molar-refractivity contribution in [3.8, 4) is 0 Å². The fourth-order valence-corrected chi connectivity index (χ4v) is 5.85. The number of rotatable bonds is 10. The molecule has 5 aromatic carbocycles. The molecule has 0 saturated carbocycles. The number of nitrogens with zero attached hydrogens (tertiary/aromatic N) is 3. The van der Waals surface area contributed by atoms with Gasteiger partial charge in [0.1, 0.15) is 5.84 Å². The number of para-hydroxylation sites is 2. The van der Waals surface area contributed by atoms with Crippen LogP contribution in [0.15, 0.2) is 126 Å². The smallest absolute Gasteiger partial charge is 0.141 e. The minimum atomic E-state index is 0.622. The molecule has 0 aromatic heterocycles. The van der Waals surface area contributed by atoms with Crippen LogP contribution < -0.4 is 9.80 Å². The molecule has 0 bridgehead atoms. The van der Waals surface area contributed by atoms with Gasteiger partial charge in [-0.2, -0.15) is 0 Å². The molecule has 3 nitrogen and oxygen atoms in total. The highest BCUT2D eigenvalue weighted by molar-refractivity contribution is 6.20. The molecule has 1 heterocycles. The number of aliphatic imine (C=N–C) groups is 1. The Bertz CT molecular complexity index is 1550. The normalized spacial score (nSPS) is 13.2. The monoisotopic (exact) mass is 523 g/mol.